The highest BCUT2D eigenvalue weighted by Gasteiger charge is 2.09. The van der Waals surface area contributed by atoms with Gasteiger partial charge in [0.25, 0.3) is 0 Å². The maximum atomic E-state index is 12.3. The van der Waals surface area contributed by atoms with Gasteiger partial charge in [-0.15, -0.1) is 0 Å². The number of esters is 2. The number of fused-ring (bicyclic) bond motifs is 2. The maximum Gasteiger partial charge on any atom is 0.311 e. The van der Waals surface area contributed by atoms with Crippen LogP contribution in [0.25, 0.3) is 0 Å². The second-order valence-corrected chi connectivity index (χ2v) is 8.01. The van der Waals surface area contributed by atoms with Crippen molar-refractivity contribution in [1.82, 2.24) is 0 Å². The van der Waals surface area contributed by atoms with E-state index in [0.717, 1.165) is 49.7 Å². The van der Waals surface area contributed by atoms with Gasteiger partial charge in [0, 0.05) is 12.8 Å². The molecule has 0 fully saturated rings. The molecule has 0 bridgehead atoms. The van der Waals surface area contributed by atoms with E-state index in [2.05, 4.69) is 24.3 Å². The van der Waals surface area contributed by atoms with Gasteiger partial charge in [0.05, 0.1) is 0 Å². The Balaban J connectivity index is 1.63. The van der Waals surface area contributed by atoms with Crippen molar-refractivity contribution in [3.05, 3.63) is 84.0 Å². The second-order valence-electron chi connectivity index (χ2n) is 8.01. The average Bonchev–Trinajstić information content (AvgIpc) is 2.79. The molecule has 168 valence electrons. The molecule has 0 aromatic heterocycles. The highest BCUT2D eigenvalue weighted by atomic mass is 16.5. The van der Waals surface area contributed by atoms with E-state index in [1.807, 2.05) is 48.5 Å². The SMILES string of the molecule is O=C1CCCCC=CCc2ccccc2OC(=O)CCCCC=CCc2ccccc2O1. The fourth-order valence-electron chi connectivity index (χ4n) is 3.61. The molecule has 1 aliphatic heterocycles. The van der Waals surface area contributed by atoms with Crippen LogP contribution in [0, 0.1) is 0 Å². The van der Waals surface area contributed by atoms with Gasteiger partial charge >= 0.3 is 11.9 Å². The normalized spacial score (nSPS) is 17.1. The van der Waals surface area contributed by atoms with E-state index in [9.17, 15) is 9.59 Å². The van der Waals surface area contributed by atoms with Gasteiger partial charge in [-0.25, -0.2) is 0 Å². The number of carbonyl (C=O) groups excluding carboxylic acids is 2. The highest BCUT2D eigenvalue weighted by molar-refractivity contribution is 5.73. The van der Waals surface area contributed by atoms with Crippen LogP contribution >= 0.6 is 0 Å². The minimum absolute atomic E-state index is 0.178. The van der Waals surface area contributed by atoms with Gasteiger partial charge in [-0.3, -0.25) is 9.59 Å². The van der Waals surface area contributed by atoms with E-state index < -0.39 is 0 Å². The molecule has 4 heteroatoms. The number of allylic oxidation sites excluding steroid dienone is 4. The second kappa shape index (κ2) is 13.3. The quantitative estimate of drug-likeness (QED) is 0.270. The first-order chi connectivity index (χ1) is 15.7. The molecule has 0 amide bonds. The largest absolute Gasteiger partial charge is 0.426 e. The fraction of sp³-hybridized carbons (Fsp3) is 0.357. The lowest BCUT2D eigenvalue weighted by Crippen LogP contribution is -2.09. The molecule has 3 rings (SSSR count). The predicted molar refractivity (Wildman–Crippen MR) is 127 cm³/mol. The van der Waals surface area contributed by atoms with E-state index in [0.29, 0.717) is 37.2 Å². The first-order valence-electron chi connectivity index (χ1n) is 11.6. The molecule has 32 heavy (non-hydrogen) atoms. The van der Waals surface area contributed by atoms with Gasteiger partial charge in [-0.05, 0) is 74.6 Å². The Bertz CT molecular complexity index is 864. The van der Waals surface area contributed by atoms with Crippen molar-refractivity contribution < 1.29 is 19.1 Å². The Morgan fingerprint density at radius 1 is 0.531 bits per heavy atom. The number of carbonyl (C=O) groups is 2. The van der Waals surface area contributed by atoms with Gasteiger partial charge in [-0.1, -0.05) is 60.7 Å². The minimum atomic E-state index is -0.178. The third kappa shape index (κ3) is 8.18. The van der Waals surface area contributed by atoms with Crippen molar-refractivity contribution in [3.63, 3.8) is 0 Å². The van der Waals surface area contributed by atoms with Crippen molar-refractivity contribution in [2.24, 2.45) is 0 Å². The van der Waals surface area contributed by atoms with Gasteiger partial charge in [-0.2, -0.15) is 0 Å². The molecule has 1 heterocycles. The van der Waals surface area contributed by atoms with Crippen molar-refractivity contribution in [2.75, 3.05) is 0 Å². The standard InChI is InChI=1S/C28H32O4/c29-27-21-9-5-1-3-7-15-23-17-11-13-19-25(23)32-28(30)22-10-6-2-4-8-16-24-18-12-14-20-26(24)31-27/h3-4,7-8,11-14,17-20H,1-2,5-6,9-10,15-16,21-22H2. The highest BCUT2D eigenvalue weighted by Crippen LogP contribution is 2.22. The van der Waals surface area contributed by atoms with Crippen LogP contribution in [-0.2, 0) is 22.4 Å². The Hall–Kier alpha value is -3.14. The molecule has 0 N–H and O–H groups in total. The van der Waals surface area contributed by atoms with Crippen LogP contribution in [0.2, 0.25) is 0 Å². The lowest BCUT2D eigenvalue weighted by atomic mass is 10.1. The number of para-hydroxylation sites is 2. The van der Waals surface area contributed by atoms with Crippen LogP contribution in [-0.4, -0.2) is 11.9 Å². The summed E-state index contributed by atoms with van der Waals surface area (Å²) < 4.78 is 11.2. The molecule has 1 aliphatic rings. The molecule has 2 aromatic carbocycles. The van der Waals surface area contributed by atoms with E-state index >= 15 is 0 Å². The van der Waals surface area contributed by atoms with Crippen molar-refractivity contribution in [3.8, 4) is 11.5 Å². The predicted octanol–water partition coefficient (Wildman–Crippen LogP) is 6.53. The molecular weight excluding hydrogens is 400 g/mol. The Morgan fingerprint density at radius 2 is 0.969 bits per heavy atom. The zero-order valence-electron chi connectivity index (χ0n) is 18.6. The van der Waals surface area contributed by atoms with Crippen LogP contribution < -0.4 is 9.47 Å². The van der Waals surface area contributed by atoms with Crippen molar-refractivity contribution >= 4 is 11.9 Å². The zero-order valence-corrected chi connectivity index (χ0v) is 18.6. The smallest absolute Gasteiger partial charge is 0.311 e. The van der Waals surface area contributed by atoms with E-state index in [1.54, 1.807) is 0 Å². The van der Waals surface area contributed by atoms with Crippen LogP contribution in [0.5, 0.6) is 11.5 Å². The van der Waals surface area contributed by atoms with Gasteiger partial charge in [0.15, 0.2) is 0 Å². The maximum absolute atomic E-state index is 12.3. The molecule has 0 spiro atoms. The van der Waals surface area contributed by atoms with Crippen LogP contribution in [0.3, 0.4) is 0 Å². The van der Waals surface area contributed by atoms with E-state index in [4.69, 9.17) is 9.47 Å². The summed E-state index contributed by atoms with van der Waals surface area (Å²) in [4.78, 5) is 24.5. The summed E-state index contributed by atoms with van der Waals surface area (Å²) in [7, 11) is 0. The third-order valence-corrected chi connectivity index (χ3v) is 5.41. The van der Waals surface area contributed by atoms with Gasteiger partial charge in [0.1, 0.15) is 11.5 Å². The van der Waals surface area contributed by atoms with Crippen LogP contribution in [0.1, 0.15) is 62.5 Å². The summed E-state index contributed by atoms with van der Waals surface area (Å²) in [6.45, 7) is 0. The molecule has 0 atom stereocenters. The Labute approximate surface area is 190 Å². The lowest BCUT2D eigenvalue weighted by molar-refractivity contribution is -0.135. The van der Waals surface area contributed by atoms with Gasteiger partial charge < -0.3 is 9.47 Å². The Kier molecular flexibility index (Phi) is 9.78. The topological polar surface area (TPSA) is 52.6 Å². The number of benzene rings is 2. The third-order valence-electron chi connectivity index (χ3n) is 5.41. The number of rotatable bonds is 0. The molecular formula is C28H32O4. The number of hydrogen-bond acceptors (Lipinski definition) is 4. The van der Waals surface area contributed by atoms with Gasteiger partial charge in [0.2, 0.25) is 0 Å². The minimum Gasteiger partial charge on any atom is -0.426 e. The Morgan fingerprint density at radius 3 is 1.44 bits per heavy atom. The van der Waals surface area contributed by atoms with E-state index in [1.165, 1.54) is 0 Å². The summed E-state index contributed by atoms with van der Waals surface area (Å²) in [5.74, 6) is 0.933. The summed E-state index contributed by atoms with van der Waals surface area (Å²) in [6, 6.07) is 15.4. The molecule has 0 saturated carbocycles. The average molecular weight is 433 g/mol. The number of hydrogen-bond donors (Lipinski definition) is 0. The first-order valence-corrected chi connectivity index (χ1v) is 11.6. The monoisotopic (exact) mass is 432 g/mol. The van der Waals surface area contributed by atoms with Crippen molar-refractivity contribution in [2.45, 2.75) is 64.2 Å². The lowest BCUT2D eigenvalue weighted by Gasteiger charge is -2.09. The molecule has 0 saturated heterocycles. The van der Waals surface area contributed by atoms with E-state index in [-0.39, 0.29) is 11.9 Å². The number of ether oxygens (including phenoxy) is 2. The summed E-state index contributed by atoms with van der Waals surface area (Å²) >= 11 is 0. The molecule has 0 aliphatic carbocycles. The summed E-state index contributed by atoms with van der Waals surface area (Å²) in [5.41, 5.74) is 2.01. The molecule has 2 aromatic rings. The summed E-state index contributed by atoms with van der Waals surface area (Å²) in [5, 5.41) is 0. The molecule has 0 unspecified atom stereocenters. The fourth-order valence-corrected chi connectivity index (χ4v) is 3.61. The van der Waals surface area contributed by atoms with Crippen LogP contribution in [0.4, 0.5) is 0 Å². The summed E-state index contributed by atoms with van der Waals surface area (Å²) in [6.07, 6.45) is 15.9. The van der Waals surface area contributed by atoms with Crippen LogP contribution in [0.15, 0.2) is 72.8 Å². The molecule has 0 radical (unpaired) electrons. The molecule has 4 nitrogen and oxygen atoms in total. The first kappa shape index (κ1) is 23.5. The van der Waals surface area contributed by atoms with Crippen molar-refractivity contribution in [1.29, 1.82) is 0 Å². The zero-order chi connectivity index (χ0) is 22.4.